The molecule has 1 atom stereocenters. The zero-order valence-corrected chi connectivity index (χ0v) is 17.9. The smallest absolute Gasteiger partial charge is 0.229 e. The maximum absolute atomic E-state index is 13.8. The van der Waals surface area contributed by atoms with Gasteiger partial charge >= 0.3 is 0 Å². The normalized spacial score (nSPS) is 15.2. The number of sulfonamides is 1. The van der Waals surface area contributed by atoms with Crippen molar-refractivity contribution in [2.45, 2.75) is 24.9 Å². The number of hydrogen-bond acceptors (Lipinski definition) is 6. The highest BCUT2D eigenvalue weighted by molar-refractivity contribution is 7.92. The zero-order chi connectivity index (χ0) is 22.0. The minimum absolute atomic E-state index is 0.193. The molecule has 2 aromatic carbocycles. The third-order valence-corrected chi connectivity index (χ3v) is 5.67. The minimum Gasteiger partial charge on any atom is -0.492 e. The Morgan fingerprint density at radius 1 is 1.29 bits per heavy atom. The number of hydrogen-bond donors (Lipinski definition) is 4. The number of ether oxygens (including phenoxy) is 1. The second kappa shape index (κ2) is 8.81. The Morgan fingerprint density at radius 2 is 2.10 bits per heavy atom. The van der Waals surface area contributed by atoms with Gasteiger partial charge in [0.1, 0.15) is 18.2 Å². The molecule has 0 saturated heterocycles. The Bertz CT molecular complexity index is 1180. The Balaban J connectivity index is 1.25. The fraction of sp³-hybridized carbons (Fsp3) is 0.381. The van der Waals surface area contributed by atoms with Crippen LogP contribution in [0.2, 0.25) is 0 Å². The van der Waals surface area contributed by atoms with Crippen LogP contribution in [-0.4, -0.2) is 49.7 Å². The van der Waals surface area contributed by atoms with Gasteiger partial charge in [-0.2, -0.15) is 5.10 Å². The van der Waals surface area contributed by atoms with Crippen molar-refractivity contribution in [1.29, 1.82) is 0 Å². The average Bonchev–Trinajstić information content (AvgIpc) is 3.47. The molecule has 4 rings (SSSR count). The Morgan fingerprint density at radius 3 is 2.84 bits per heavy atom. The van der Waals surface area contributed by atoms with Gasteiger partial charge in [0.05, 0.1) is 29.3 Å². The van der Waals surface area contributed by atoms with E-state index in [1.54, 1.807) is 0 Å². The van der Waals surface area contributed by atoms with Crippen LogP contribution in [0.5, 0.6) is 5.75 Å². The number of aromatic amines is 1. The molecule has 1 fully saturated rings. The first-order chi connectivity index (χ1) is 14.8. The lowest BCUT2D eigenvalue weighted by atomic mass is 10.1. The van der Waals surface area contributed by atoms with Gasteiger partial charge in [-0.1, -0.05) is 6.07 Å². The molecule has 1 saturated carbocycles. The molecule has 8 nitrogen and oxygen atoms in total. The summed E-state index contributed by atoms with van der Waals surface area (Å²) in [6.45, 7) is 1.09. The van der Waals surface area contributed by atoms with Gasteiger partial charge in [-0.3, -0.25) is 9.82 Å². The SMILES string of the molecule is CS(=O)(=O)Nc1cc(C(O)CNCCOc2ccc3c(C4CC4)n[nH]c3c2)ccc1F. The first-order valence-corrected chi connectivity index (χ1v) is 12.0. The van der Waals surface area contributed by atoms with E-state index in [2.05, 4.69) is 20.2 Å². The van der Waals surface area contributed by atoms with E-state index in [4.69, 9.17) is 4.74 Å². The van der Waals surface area contributed by atoms with Gasteiger partial charge in [0.15, 0.2) is 0 Å². The fourth-order valence-corrected chi connectivity index (χ4v) is 3.96. The number of fused-ring (bicyclic) bond motifs is 1. The highest BCUT2D eigenvalue weighted by atomic mass is 32.2. The number of anilines is 1. The van der Waals surface area contributed by atoms with E-state index in [-0.39, 0.29) is 12.2 Å². The third-order valence-electron chi connectivity index (χ3n) is 5.08. The zero-order valence-electron chi connectivity index (χ0n) is 17.1. The number of nitrogens with one attached hydrogen (secondary N) is 3. The number of nitrogens with zero attached hydrogens (tertiary/aromatic N) is 1. The molecule has 4 N–H and O–H groups in total. The molecule has 166 valence electrons. The average molecular weight is 449 g/mol. The quantitative estimate of drug-likeness (QED) is 0.355. The Hall–Kier alpha value is -2.69. The van der Waals surface area contributed by atoms with E-state index in [1.165, 1.54) is 25.0 Å². The van der Waals surface area contributed by atoms with Crippen LogP contribution in [0.15, 0.2) is 36.4 Å². The second-order valence-corrected chi connectivity index (χ2v) is 9.52. The summed E-state index contributed by atoms with van der Waals surface area (Å²) < 4.78 is 44.3. The van der Waals surface area contributed by atoms with Crippen LogP contribution >= 0.6 is 0 Å². The summed E-state index contributed by atoms with van der Waals surface area (Å²) in [6.07, 6.45) is 2.41. The van der Waals surface area contributed by atoms with E-state index in [9.17, 15) is 17.9 Å². The highest BCUT2D eigenvalue weighted by Gasteiger charge is 2.27. The molecule has 1 aliphatic rings. The minimum atomic E-state index is -3.62. The van der Waals surface area contributed by atoms with Gasteiger partial charge in [0.2, 0.25) is 10.0 Å². The van der Waals surface area contributed by atoms with Crippen molar-refractivity contribution in [2.75, 3.05) is 30.7 Å². The first-order valence-electron chi connectivity index (χ1n) is 10.1. The number of H-pyrrole nitrogens is 1. The topological polar surface area (TPSA) is 116 Å². The predicted octanol–water partition coefficient (Wildman–Crippen LogP) is 2.65. The molecule has 31 heavy (non-hydrogen) atoms. The summed E-state index contributed by atoms with van der Waals surface area (Å²) in [5, 5.41) is 22.0. The van der Waals surface area contributed by atoms with Gasteiger partial charge in [0, 0.05) is 30.5 Å². The highest BCUT2D eigenvalue weighted by Crippen LogP contribution is 2.42. The van der Waals surface area contributed by atoms with Crippen LogP contribution in [0.4, 0.5) is 10.1 Å². The summed E-state index contributed by atoms with van der Waals surface area (Å²) in [7, 11) is -3.62. The molecule has 10 heteroatoms. The molecule has 0 spiro atoms. The van der Waals surface area contributed by atoms with Gasteiger partial charge < -0.3 is 15.2 Å². The van der Waals surface area contributed by atoms with Crippen LogP contribution in [-0.2, 0) is 10.0 Å². The molecule has 1 aliphatic carbocycles. The lowest BCUT2D eigenvalue weighted by Crippen LogP contribution is -2.26. The molecule has 0 radical (unpaired) electrons. The standard InChI is InChI=1S/C21H25FN4O4S/c1-31(28,29)26-19-10-14(4-7-17(19)22)20(27)12-23-8-9-30-15-5-6-16-18(11-15)24-25-21(16)13-2-3-13/h4-7,10-11,13,20,23,26-27H,2-3,8-9,12H2,1H3,(H,24,25). The van der Waals surface area contributed by atoms with Crippen molar-refractivity contribution in [2.24, 2.45) is 0 Å². The predicted molar refractivity (Wildman–Crippen MR) is 116 cm³/mol. The summed E-state index contributed by atoms with van der Waals surface area (Å²) in [5.41, 5.74) is 2.30. The Kier molecular flexibility index (Phi) is 6.12. The number of aliphatic hydroxyl groups excluding tert-OH is 1. The van der Waals surface area contributed by atoms with Crippen molar-refractivity contribution in [3.05, 3.63) is 53.5 Å². The van der Waals surface area contributed by atoms with E-state index in [0.29, 0.717) is 24.6 Å². The van der Waals surface area contributed by atoms with Gasteiger partial charge in [0.25, 0.3) is 0 Å². The van der Waals surface area contributed by atoms with Crippen molar-refractivity contribution in [3.8, 4) is 5.75 Å². The van der Waals surface area contributed by atoms with E-state index in [1.807, 2.05) is 18.2 Å². The number of halogens is 1. The van der Waals surface area contributed by atoms with Gasteiger partial charge in [-0.15, -0.1) is 0 Å². The second-order valence-electron chi connectivity index (χ2n) is 7.77. The monoisotopic (exact) mass is 448 g/mol. The maximum atomic E-state index is 13.8. The van der Waals surface area contributed by atoms with Crippen LogP contribution < -0.4 is 14.8 Å². The number of aliphatic hydroxyl groups is 1. The summed E-state index contributed by atoms with van der Waals surface area (Å²) in [4.78, 5) is 0. The van der Waals surface area contributed by atoms with E-state index in [0.717, 1.165) is 34.7 Å². The Labute approximate surface area is 179 Å². The third kappa shape index (κ3) is 5.52. The lowest BCUT2D eigenvalue weighted by Gasteiger charge is -2.14. The van der Waals surface area contributed by atoms with Crippen LogP contribution in [0, 0.1) is 5.82 Å². The molecule has 3 aromatic rings. The fourth-order valence-electron chi connectivity index (χ4n) is 3.40. The van der Waals surface area contributed by atoms with Crippen molar-refractivity contribution < 1.29 is 22.7 Å². The number of aromatic nitrogens is 2. The van der Waals surface area contributed by atoms with Crippen molar-refractivity contribution in [3.63, 3.8) is 0 Å². The van der Waals surface area contributed by atoms with Crippen LogP contribution in [0.3, 0.4) is 0 Å². The lowest BCUT2D eigenvalue weighted by molar-refractivity contribution is 0.172. The molecule has 1 aromatic heterocycles. The molecule has 0 aliphatic heterocycles. The summed E-state index contributed by atoms with van der Waals surface area (Å²) in [5.74, 6) is 0.604. The number of rotatable bonds is 10. The van der Waals surface area contributed by atoms with E-state index >= 15 is 0 Å². The van der Waals surface area contributed by atoms with Gasteiger partial charge in [-0.05, 0) is 42.7 Å². The molecule has 1 unspecified atom stereocenters. The summed E-state index contributed by atoms with van der Waals surface area (Å²) >= 11 is 0. The first kappa shape index (κ1) is 21.5. The van der Waals surface area contributed by atoms with Gasteiger partial charge in [-0.25, -0.2) is 12.8 Å². The molecule has 0 amide bonds. The van der Waals surface area contributed by atoms with Crippen LogP contribution in [0.25, 0.3) is 10.9 Å². The largest absolute Gasteiger partial charge is 0.492 e. The van der Waals surface area contributed by atoms with Crippen molar-refractivity contribution >= 4 is 26.6 Å². The number of benzene rings is 2. The molecule has 1 heterocycles. The molecular formula is C21H25FN4O4S. The molecule has 0 bridgehead atoms. The van der Waals surface area contributed by atoms with E-state index < -0.39 is 21.9 Å². The van der Waals surface area contributed by atoms with Crippen LogP contribution in [0.1, 0.15) is 36.1 Å². The van der Waals surface area contributed by atoms with Crippen molar-refractivity contribution in [1.82, 2.24) is 15.5 Å². The maximum Gasteiger partial charge on any atom is 0.229 e. The summed E-state index contributed by atoms with van der Waals surface area (Å²) in [6, 6.07) is 9.70. The molecular weight excluding hydrogens is 423 g/mol.